The number of likely N-dealkylation sites (tertiary alicyclic amines) is 1. The van der Waals surface area contributed by atoms with Crippen molar-refractivity contribution in [3.63, 3.8) is 0 Å². The molecule has 1 fully saturated rings. The number of hydrogen-bond donors (Lipinski definition) is 0. The molecule has 1 amide bonds. The van der Waals surface area contributed by atoms with E-state index in [2.05, 4.69) is 29.4 Å². The van der Waals surface area contributed by atoms with E-state index in [1.165, 1.54) is 5.56 Å². The van der Waals surface area contributed by atoms with Gasteiger partial charge in [-0.1, -0.05) is 30.3 Å². The molecule has 3 heterocycles. The summed E-state index contributed by atoms with van der Waals surface area (Å²) in [7, 11) is 0. The fourth-order valence-corrected chi connectivity index (χ4v) is 4.94. The molecule has 186 valence electrons. The minimum absolute atomic E-state index is 0.114. The van der Waals surface area contributed by atoms with Crippen LogP contribution in [0.15, 0.2) is 77.9 Å². The molecule has 5 rings (SSSR count). The van der Waals surface area contributed by atoms with E-state index in [1.54, 1.807) is 27.5 Å². The van der Waals surface area contributed by atoms with Crippen molar-refractivity contribution in [3.8, 4) is 17.0 Å². The lowest BCUT2D eigenvalue weighted by atomic mass is 9.90. The topological polar surface area (TPSA) is 68.8 Å². The number of carbonyl (C=O) groups excluding carboxylic acids is 1. The number of piperidine rings is 1. The van der Waals surface area contributed by atoms with E-state index < -0.39 is 0 Å². The Morgan fingerprint density at radius 2 is 1.78 bits per heavy atom. The van der Waals surface area contributed by atoms with Gasteiger partial charge in [0.15, 0.2) is 0 Å². The molecule has 2 aromatic carbocycles. The van der Waals surface area contributed by atoms with E-state index in [0.717, 1.165) is 49.4 Å². The van der Waals surface area contributed by atoms with E-state index in [9.17, 15) is 9.59 Å². The van der Waals surface area contributed by atoms with Crippen molar-refractivity contribution in [2.45, 2.75) is 39.2 Å². The van der Waals surface area contributed by atoms with Crippen molar-refractivity contribution < 1.29 is 9.53 Å². The molecular weight excluding hydrogens is 452 g/mol. The SMILES string of the molecule is CCOc1ccc(-c2cc3c(=O)n(CCC(=O)N4CCC(Cc5ccccc5)CC4)ccn3n2)cc1. The van der Waals surface area contributed by atoms with Crippen molar-refractivity contribution in [1.82, 2.24) is 19.1 Å². The third kappa shape index (κ3) is 5.35. The number of hydrogen-bond acceptors (Lipinski definition) is 4. The number of benzene rings is 2. The third-order valence-electron chi connectivity index (χ3n) is 6.97. The molecule has 0 bridgehead atoms. The van der Waals surface area contributed by atoms with Crippen LogP contribution in [-0.2, 0) is 17.8 Å². The van der Waals surface area contributed by atoms with Crippen molar-refractivity contribution in [1.29, 1.82) is 0 Å². The number of nitrogens with zero attached hydrogens (tertiary/aromatic N) is 4. The molecule has 0 spiro atoms. The first-order valence-electron chi connectivity index (χ1n) is 12.7. The molecule has 36 heavy (non-hydrogen) atoms. The summed E-state index contributed by atoms with van der Waals surface area (Å²) >= 11 is 0. The first kappa shape index (κ1) is 23.9. The predicted molar refractivity (Wildman–Crippen MR) is 140 cm³/mol. The van der Waals surface area contributed by atoms with Gasteiger partial charge < -0.3 is 14.2 Å². The summed E-state index contributed by atoms with van der Waals surface area (Å²) < 4.78 is 8.71. The Morgan fingerprint density at radius 1 is 1.03 bits per heavy atom. The molecule has 1 aliphatic heterocycles. The zero-order chi connectivity index (χ0) is 24.9. The fourth-order valence-electron chi connectivity index (χ4n) is 4.94. The number of aromatic nitrogens is 3. The highest BCUT2D eigenvalue weighted by atomic mass is 16.5. The highest BCUT2D eigenvalue weighted by molar-refractivity contribution is 5.76. The summed E-state index contributed by atoms with van der Waals surface area (Å²) in [5.74, 6) is 1.54. The summed E-state index contributed by atoms with van der Waals surface area (Å²) in [4.78, 5) is 27.9. The summed E-state index contributed by atoms with van der Waals surface area (Å²) in [5.41, 5.74) is 3.36. The second-order valence-corrected chi connectivity index (χ2v) is 9.38. The quantitative estimate of drug-likeness (QED) is 0.371. The zero-order valence-corrected chi connectivity index (χ0v) is 20.7. The Morgan fingerprint density at radius 3 is 2.50 bits per heavy atom. The Hall–Kier alpha value is -3.87. The number of amides is 1. The smallest absolute Gasteiger partial charge is 0.276 e. The molecule has 7 nitrogen and oxygen atoms in total. The predicted octanol–water partition coefficient (Wildman–Crippen LogP) is 4.43. The number of ether oxygens (including phenoxy) is 1. The van der Waals surface area contributed by atoms with Gasteiger partial charge in [-0.2, -0.15) is 5.10 Å². The van der Waals surface area contributed by atoms with Gasteiger partial charge in [-0.3, -0.25) is 9.59 Å². The lowest BCUT2D eigenvalue weighted by molar-refractivity contribution is -0.132. The Kier molecular flexibility index (Phi) is 7.16. The summed E-state index contributed by atoms with van der Waals surface area (Å²) in [5, 5.41) is 4.55. The molecule has 0 unspecified atom stereocenters. The van der Waals surface area contributed by atoms with Crippen molar-refractivity contribution in [3.05, 3.63) is 89.0 Å². The maximum atomic E-state index is 13.1. The maximum Gasteiger partial charge on any atom is 0.276 e. The van der Waals surface area contributed by atoms with Gasteiger partial charge in [0.1, 0.15) is 11.3 Å². The molecule has 1 saturated heterocycles. The van der Waals surface area contributed by atoms with Gasteiger partial charge in [-0.25, -0.2) is 4.52 Å². The average molecular weight is 485 g/mol. The molecule has 0 aliphatic carbocycles. The van der Waals surface area contributed by atoms with Gasteiger partial charge in [-0.15, -0.1) is 0 Å². The number of fused-ring (bicyclic) bond motifs is 1. The van der Waals surface area contributed by atoms with Crippen LogP contribution < -0.4 is 10.3 Å². The summed E-state index contributed by atoms with van der Waals surface area (Å²) in [6.07, 6.45) is 6.92. The number of aryl methyl sites for hydroxylation is 1. The van der Waals surface area contributed by atoms with Gasteiger partial charge >= 0.3 is 0 Å². The van der Waals surface area contributed by atoms with E-state index in [-0.39, 0.29) is 11.5 Å². The van der Waals surface area contributed by atoms with Gasteiger partial charge in [0.2, 0.25) is 5.91 Å². The first-order chi connectivity index (χ1) is 17.6. The Balaban J connectivity index is 1.19. The van der Waals surface area contributed by atoms with Crippen LogP contribution in [0, 0.1) is 5.92 Å². The van der Waals surface area contributed by atoms with E-state index in [0.29, 0.717) is 31.0 Å². The monoisotopic (exact) mass is 484 g/mol. The normalized spacial score (nSPS) is 14.3. The minimum Gasteiger partial charge on any atom is -0.494 e. The molecule has 0 saturated carbocycles. The number of carbonyl (C=O) groups is 1. The van der Waals surface area contributed by atoms with Gasteiger partial charge in [0.05, 0.1) is 12.3 Å². The van der Waals surface area contributed by atoms with E-state index in [1.807, 2.05) is 42.2 Å². The molecule has 7 heteroatoms. The molecule has 0 atom stereocenters. The molecule has 2 aromatic heterocycles. The van der Waals surface area contributed by atoms with Crippen LogP contribution in [0.4, 0.5) is 0 Å². The van der Waals surface area contributed by atoms with E-state index in [4.69, 9.17) is 4.74 Å². The number of rotatable bonds is 8. The molecule has 0 radical (unpaired) electrons. The third-order valence-corrected chi connectivity index (χ3v) is 6.97. The molecule has 4 aromatic rings. The van der Waals surface area contributed by atoms with Gasteiger partial charge in [0, 0.05) is 44.0 Å². The van der Waals surface area contributed by atoms with Crippen LogP contribution in [0.5, 0.6) is 5.75 Å². The maximum absolute atomic E-state index is 13.1. The Labute approximate surface area is 210 Å². The zero-order valence-electron chi connectivity index (χ0n) is 20.7. The van der Waals surface area contributed by atoms with Gasteiger partial charge in [-0.05, 0) is 68.0 Å². The summed E-state index contributed by atoms with van der Waals surface area (Å²) in [6.45, 7) is 4.50. The first-order valence-corrected chi connectivity index (χ1v) is 12.7. The fraction of sp³-hybridized carbons (Fsp3) is 0.345. The van der Waals surface area contributed by atoms with Crippen molar-refractivity contribution in [2.75, 3.05) is 19.7 Å². The van der Waals surface area contributed by atoms with Crippen molar-refractivity contribution in [2.24, 2.45) is 5.92 Å². The Bertz CT molecular complexity index is 1370. The molecule has 0 N–H and O–H groups in total. The molecular formula is C29H32N4O3. The molecule has 1 aliphatic rings. The van der Waals surface area contributed by atoms with Crippen LogP contribution in [-0.4, -0.2) is 44.7 Å². The standard InChI is InChI=1S/C29H32N4O3/c1-2-36-25-10-8-24(9-11-25)26-21-27-29(35)32(18-19-33(27)30-26)17-14-28(34)31-15-12-23(13-16-31)20-22-6-4-3-5-7-22/h3-11,18-19,21,23H,2,12-17,20H2,1H3. The van der Waals surface area contributed by atoms with Crippen LogP contribution >= 0.6 is 0 Å². The highest BCUT2D eigenvalue weighted by Crippen LogP contribution is 2.23. The second-order valence-electron chi connectivity index (χ2n) is 9.38. The lowest BCUT2D eigenvalue weighted by Gasteiger charge is -2.32. The summed E-state index contributed by atoms with van der Waals surface area (Å²) in [6, 6.07) is 20.0. The average Bonchev–Trinajstić information content (AvgIpc) is 3.35. The van der Waals surface area contributed by atoms with E-state index >= 15 is 0 Å². The minimum atomic E-state index is -0.142. The van der Waals surface area contributed by atoms with Gasteiger partial charge in [0.25, 0.3) is 5.56 Å². The van der Waals surface area contributed by atoms with Crippen LogP contribution in [0.1, 0.15) is 31.7 Å². The highest BCUT2D eigenvalue weighted by Gasteiger charge is 2.23. The van der Waals surface area contributed by atoms with Crippen LogP contribution in [0.25, 0.3) is 16.8 Å². The van der Waals surface area contributed by atoms with Crippen LogP contribution in [0.2, 0.25) is 0 Å². The largest absolute Gasteiger partial charge is 0.494 e. The second kappa shape index (κ2) is 10.8. The lowest BCUT2D eigenvalue weighted by Crippen LogP contribution is -2.39. The van der Waals surface area contributed by atoms with Crippen molar-refractivity contribution >= 4 is 11.4 Å². The van der Waals surface area contributed by atoms with Crippen LogP contribution in [0.3, 0.4) is 0 Å².